The van der Waals surface area contributed by atoms with Crippen molar-refractivity contribution in [3.8, 4) is 0 Å². The topological polar surface area (TPSA) is 118 Å². The van der Waals surface area contributed by atoms with Gasteiger partial charge in [0.25, 0.3) is 5.91 Å². The SMILES string of the molecule is CC(C)N=CC(=CN)c1nc(N[C@@H]2CCCCC2N)c(F)c2c1C(=O)NC2. The highest BCUT2D eigenvalue weighted by atomic mass is 19.1. The molecule has 3 rings (SSSR count). The number of hydrogen-bond donors (Lipinski definition) is 4. The van der Waals surface area contributed by atoms with Crippen LogP contribution in [-0.4, -0.2) is 35.2 Å². The molecule has 7 nitrogen and oxygen atoms in total. The van der Waals surface area contributed by atoms with E-state index in [2.05, 4.69) is 20.6 Å². The summed E-state index contributed by atoms with van der Waals surface area (Å²) >= 11 is 0. The summed E-state index contributed by atoms with van der Waals surface area (Å²) in [6.45, 7) is 3.98. The number of nitrogens with one attached hydrogen (secondary N) is 2. The predicted molar refractivity (Wildman–Crippen MR) is 105 cm³/mol. The lowest BCUT2D eigenvalue weighted by atomic mass is 9.91. The highest BCUT2D eigenvalue weighted by molar-refractivity contribution is 6.14. The van der Waals surface area contributed by atoms with Crippen LogP contribution in [0, 0.1) is 5.82 Å². The van der Waals surface area contributed by atoms with E-state index >= 15 is 4.39 Å². The lowest BCUT2D eigenvalue weighted by Gasteiger charge is -2.30. The van der Waals surface area contributed by atoms with Gasteiger partial charge in [-0.25, -0.2) is 9.37 Å². The van der Waals surface area contributed by atoms with Crippen molar-refractivity contribution in [3.63, 3.8) is 0 Å². The van der Waals surface area contributed by atoms with Crippen molar-refractivity contribution < 1.29 is 9.18 Å². The zero-order chi connectivity index (χ0) is 19.6. The fraction of sp³-hybridized carbons (Fsp3) is 0.526. The van der Waals surface area contributed by atoms with Crippen molar-refractivity contribution >= 4 is 23.5 Å². The first kappa shape index (κ1) is 19.3. The van der Waals surface area contributed by atoms with Gasteiger partial charge in [0.1, 0.15) is 0 Å². The zero-order valence-electron chi connectivity index (χ0n) is 15.8. The Morgan fingerprint density at radius 1 is 1.41 bits per heavy atom. The van der Waals surface area contributed by atoms with Gasteiger partial charge in [0.2, 0.25) is 0 Å². The average molecular weight is 374 g/mol. The van der Waals surface area contributed by atoms with Gasteiger partial charge in [0.15, 0.2) is 11.6 Å². The Balaban J connectivity index is 2.04. The Labute approximate surface area is 158 Å². The molecule has 0 spiro atoms. The van der Waals surface area contributed by atoms with Crippen molar-refractivity contribution in [2.24, 2.45) is 16.5 Å². The summed E-state index contributed by atoms with van der Waals surface area (Å²) < 4.78 is 15.0. The number of carbonyl (C=O) groups is 1. The summed E-state index contributed by atoms with van der Waals surface area (Å²) in [6.07, 6.45) is 6.79. The summed E-state index contributed by atoms with van der Waals surface area (Å²) in [5.74, 6) is -0.758. The number of anilines is 1. The third kappa shape index (κ3) is 3.95. The number of allylic oxidation sites excluding steroid dienone is 1. The number of aromatic nitrogens is 1. The number of fused-ring (bicyclic) bond motifs is 1. The normalized spacial score (nSPS) is 23.0. The van der Waals surface area contributed by atoms with Crippen LogP contribution < -0.4 is 22.1 Å². The number of nitrogens with two attached hydrogens (primary N) is 2. The second kappa shape index (κ2) is 8.04. The number of halogens is 1. The summed E-state index contributed by atoms with van der Waals surface area (Å²) in [6, 6.07) is -0.0464. The fourth-order valence-electron chi connectivity index (χ4n) is 3.51. The Hall–Kier alpha value is -2.48. The molecule has 1 aliphatic carbocycles. The van der Waals surface area contributed by atoms with Crippen LogP contribution in [0.4, 0.5) is 10.2 Å². The van der Waals surface area contributed by atoms with Gasteiger partial charge >= 0.3 is 0 Å². The van der Waals surface area contributed by atoms with E-state index in [1.165, 1.54) is 6.20 Å². The number of nitrogens with zero attached hydrogens (tertiary/aromatic N) is 2. The Kier molecular flexibility index (Phi) is 5.74. The molecule has 1 aromatic rings. The molecule has 1 fully saturated rings. The number of carbonyl (C=O) groups excluding carboxylic acids is 1. The molecule has 0 saturated heterocycles. The maximum atomic E-state index is 15.0. The predicted octanol–water partition coefficient (Wildman–Crippen LogP) is 1.92. The van der Waals surface area contributed by atoms with E-state index in [0.29, 0.717) is 16.8 Å². The second-order valence-corrected chi connectivity index (χ2v) is 7.35. The molecule has 0 aromatic carbocycles. The summed E-state index contributed by atoms with van der Waals surface area (Å²) in [4.78, 5) is 21.0. The number of amides is 1. The van der Waals surface area contributed by atoms with Gasteiger partial charge in [-0.15, -0.1) is 0 Å². The van der Waals surface area contributed by atoms with E-state index in [0.717, 1.165) is 25.7 Å². The molecule has 146 valence electrons. The first-order valence-electron chi connectivity index (χ1n) is 9.40. The molecule has 0 radical (unpaired) electrons. The van der Waals surface area contributed by atoms with E-state index in [1.807, 2.05) is 13.8 Å². The number of pyridine rings is 1. The van der Waals surface area contributed by atoms with E-state index < -0.39 is 5.82 Å². The van der Waals surface area contributed by atoms with Crippen LogP contribution in [0.1, 0.15) is 61.1 Å². The molecular formula is C19H27FN6O. The Morgan fingerprint density at radius 3 is 2.81 bits per heavy atom. The molecule has 2 heterocycles. The third-order valence-corrected chi connectivity index (χ3v) is 4.99. The van der Waals surface area contributed by atoms with Gasteiger partial charge in [0, 0.05) is 48.2 Å². The molecule has 6 N–H and O–H groups in total. The van der Waals surface area contributed by atoms with E-state index in [9.17, 15) is 4.79 Å². The van der Waals surface area contributed by atoms with Crippen molar-refractivity contribution in [1.82, 2.24) is 10.3 Å². The largest absolute Gasteiger partial charge is 0.404 e. The second-order valence-electron chi connectivity index (χ2n) is 7.35. The van der Waals surface area contributed by atoms with Crippen LogP contribution >= 0.6 is 0 Å². The lowest BCUT2D eigenvalue weighted by Crippen LogP contribution is -2.43. The first-order chi connectivity index (χ1) is 12.9. The third-order valence-electron chi connectivity index (χ3n) is 4.99. The minimum absolute atomic E-state index is 0.0497. The van der Waals surface area contributed by atoms with Crippen LogP contribution in [0.3, 0.4) is 0 Å². The highest BCUT2D eigenvalue weighted by Gasteiger charge is 2.32. The zero-order valence-corrected chi connectivity index (χ0v) is 15.8. The van der Waals surface area contributed by atoms with Crippen LogP contribution in [0.2, 0.25) is 0 Å². The van der Waals surface area contributed by atoms with Gasteiger partial charge in [-0.3, -0.25) is 9.79 Å². The maximum Gasteiger partial charge on any atom is 0.254 e. The Bertz CT molecular complexity index is 789. The smallest absolute Gasteiger partial charge is 0.254 e. The summed E-state index contributed by atoms with van der Waals surface area (Å²) in [7, 11) is 0. The average Bonchev–Trinajstić information content (AvgIpc) is 3.02. The van der Waals surface area contributed by atoms with Gasteiger partial charge in [-0.1, -0.05) is 12.8 Å². The van der Waals surface area contributed by atoms with Crippen LogP contribution in [-0.2, 0) is 6.54 Å². The minimum Gasteiger partial charge on any atom is -0.404 e. The van der Waals surface area contributed by atoms with Crippen molar-refractivity contribution in [2.45, 2.75) is 64.2 Å². The van der Waals surface area contributed by atoms with Crippen LogP contribution in [0.25, 0.3) is 5.57 Å². The molecule has 2 atom stereocenters. The Morgan fingerprint density at radius 2 is 2.15 bits per heavy atom. The summed E-state index contributed by atoms with van der Waals surface area (Å²) in [5, 5.41) is 5.83. The first-order valence-corrected chi connectivity index (χ1v) is 9.40. The number of rotatable bonds is 5. The quantitative estimate of drug-likeness (QED) is 0.587. The minimum atomic E-state index is -0.512. The maximum absolute atomic E-state index is 15.0. The van der Waals surface area contributed by atoms with Crippen molar-refractivity contribution in [2.75, 3.05) is 5.32 Å². The molecular weight excluding hydrogens is 347 g/mol. The van der Waals surface area contributed by atoms with Crippen LogP contribution in [0.15, 0.2) is 11.2 Å². The van der Waals surface area contributed by atoms with Gasteiger partial charge in [-0.05, 0) is 26.7 Å². The van der Waals surface area contributed by atoms with E-state index in [-0.39, 0.29) is 42.0 Å². The summed E-state index contributed by atoms with van der Waals surface area (Å²) in [5.41, 5.74) is 13.3. The van der Waals surface area contributed by atoms with Crippen molar-refractivity contribution in [1.29, 1.82) is 0 Å². The molecule has 27 heavy (non-hydrogen) atoms. The standard InChI is InChI=1S/C19H27FN6O/c1-10(2)23-8-11(7-21)17-15-12(9-24-19(15)27)16(20)18(26-17)25-14-6-4-3-5-13(14)22/h7-8,10,13-14H,3-6,9,21-22H2,1-2H3,(H,24,27)(H,25,26)/t13?,14-/m1/s1. The van der Waals surface area contributed by atoms with E-state index in [1.54, 1.807) is 6.21 Å². The monoisotopic (exact) mass is 374 g/mol. The molecule has 1 aliphatic heterocycles. The molecule has 1 aromatic heterocycles. The molecule has 1 unspecified atom stereocenters. The highest BCUT2D eigenvalue weighted by Crippen LogP contribution is 2.31. The van der Waals surface area contributed by atoms with Crippen LogP contribution in [0.5, 0.6) is 0 Å². The molecule has 1 saturated carbocycles. The fourth-order valence-corrected chi connectivity index (χ4v) is 3.51. The van der Waals surface area contributed by atoms with Gasteiger partial charge < -0.3 is 22.1 Å². The number of aliphatic imine (C=N–C) groups is 1. The number of hydrogen-bond acceptors (Lipinski definition) is 6. The molecule has 1 amide bonds. The molecule has 8 heteroatoms. The van der Waals surface area contributed by atoms with Crippen molar-refractivity contribution in [3.05, 3.63) is 28.8 Å². The van der Waals surface area contributed by atoms with Gasteiger partial charge in [0.05, 0.1) is 11.3 Å². The molecule has 2 aliphatic rings. The lowest BCUT2D eigenvalue weighted by molar-refractivity contribution is 0.0965. The van der Waals surface area contributed by atoms with E-state index in [4.69, 9.17) is 11.5 Å². The molecule has 0 bridgehead atoms. The van der Waals surface area contributed by atoms with Gasteiger partial charge in [-0.2, -0.15) is 0 Å².